The molecule has 2 aromatic carbocycles. The van der Waals surface area contributed by atoms with Gasteiger partial charge in [0, 0.05) is 5.56 Å². The van der Waals surface area contributed by atoms with Crippen molar-refractivity contribution in [2.24, 2.45) is 0 Å². The fourth-order valence-corrected chi connectivity index (χ4v) is 2.29. The van der Waals surface area contributed by atoms with E-state index in [2.05, 4.69) is 0 Å². The molecule has 126 valence electrons. The first-order chi connectivity index (χ1) is 11.1. The van der Waals surface area contributed by atoms with Gasteiger partial charge in [-0.05, 0) is 54.3 Å². The lowest BCUT2D eigenvalue weighted by molar-refractivity contribution is 0.0691. The zero-order chi connectivity index (χ0) is 18.1. The van der Waals surface area contributed by atoms with Crippen LogP contribution in [0.5, 0.6) is 11.5 Å². The molecule has 0 atom stereocenters. The summed E-state index contributed by atoms with van der Waals surface area (Å²) in [6.07, 6.45) is 0. The minimum absolute atomic E-state index is 0.0991. The fourth-order valence-electron chi connectivity index (χ4n) is 2.29. The van der Waals surface area contributed by atoms with Crippen LogP contribution in [0.25, 0.3) is 0 Å². The molecule has 0 radical (unpaired) electrons. The summed E-state index contributed by atoms with van der Waals surface area (Å²) in [6, 6.07) is 8.75. The summed E-state index contributed by atoms with van der Waals surface area (Å²) in [5, 5.41) is 19.1. The van der Waals surface area contributed by atoms with Crippen LogP contribution in [0.3, 0.4) is 0 Å². The molecule has 0 aliphatic rings. The number of hydrogen-bond donors (Lipinski definition) is 2. The van der Waals surface area contributed by atoms with Crippen LogP contribution >= 0.6 is 0 Å². The third kappa shape index (κ3) is 3.74. The highest BCUT2D eigenvalue weighted by Crippen LogP contribution is 2.36. The van der Waals surface area contributed by atoms with E-state index in [9.17, 15) is 14.7 Å². The van der Waals surface area contributed by atoms with E-state index in [0.29, 0.717) is 16.9 Å². The highest BCUT2D eigenvalue weighted by molar-refractivity contribution is 5.93. The lowest BCUT2D eigenvalue weighted by Crippen LogP contribution is -2.14. The Hall–Kier alpha value is -2.82. The van der Waals surface area contributed by atoms with Crippen molar-refractivity contribution in [2.75, 3.05) is 0 Å². The topological polar surface area (TPSA) is 83.8 Å². The standard InChI is InChI=1S/C19H20O5/c1-11-9-14(10-15(16(11)20)19(2,3)4)24-18(23)13-7-5-12(6-8-13)17(21)22/h5-10,20H,1-4H3,(H,21,22). The first-order valence-corrected chi connectivity index (χ1v) is 7.49. The van der Waals surface area contributed by atoms with Crippen molar-refractivity contribution < 1.29 is 24.5 Å². The molecule has 2 aromatic rings. The normalized spacial score (nSPS) is 11.2. The van der Waals surface area contributed by atoms with Crippen molar-refractivity contribution in [1.82, 2.24) is 0 Å². The molecular formula is C19H20O5. The number of aryl methyl sites for hydroxylation is 1. The predicted molar refractivity (Wildman–Crippen MR) is 89.9 cm³/mol. The van der Waals surface area contributed by atoms with Crippen LogP contribution in [-0.2, 0) is 5.41 Å². The minimum Gasteiger partial charge on any atom is -0.507 e. The number of hydrogen-bond acceptors (Lipinski definition) is 4. The van der Waals surface area contributed by atoms with E-state index in [1.165, 1.54) is 24.3 Å². The molecule has 0 aliphatic heterocycles. The van der Waals surface area contributed by atoms with Gasteiger partial charge in [-0.2, -0.15) is 0 Å². The number of phenolic OH excluding ortho intramolecular Hbond substituents is 1. The van der Waals surface area contributed by atoms with E-state index in [-0.39, 0.29) is 22.3 Å². The average molecular weight is 328 g/mol. The van der Waals surface area contributed by atoms with Gasteiger partial charge in [-0.3, -0.25) is 0 Å². The van der Waals surface area contributed by atoms with Crippen LogP contribution in [0.4, 0.5) is 0 Å². The van der Waals surface area contributed by atoms with Crippen molar-refractivity contribution in [2.45, 2.75) is 33.1 Å². The molecule has 0 bridgehead atoms. The zero-order valence-electron chi connectivity index (χ0n) is 14.1. The number of carbonyl (C=O) groups excluding carboxylic acids is 1. The maximum absolute atomic E-state index is 12.2. The van der Waals surface area contributed by atoms with Gasteiger partial charge in [-0.15, -0.1) is 0 Å². The number of carboxylic acid groups (broad SMARTS) is 1. The van der Waals surface area contributed by atoms with Crippen molar-refractivity contribution >= 4 is 11.9 Å². The second-order valence-corrected chi connectivity index (χ2v) is 6.66. The molecule has 0 amide bonds. The highest BCUT2D eigenvalue weighted by Gasteiger charge is 2.21. The van der Waals surface area contributed by atoms with E-state index in [1.54, 1.807) is 19.1 Å². The molecule has 0 saturated carbocycles. The lowest BCUT2D eigenvalue weighted by Gasteiger charge is -2.22. The number of phenols is 1. The molecule has 24 heavy (non-hydrogen) atoms. The Labute approximate surface area is 140 Å². The van der Waals surface area contributed by atoms with Crippen LogP contribution in [0.15, 0.2) is 36.4 Å². The van der Waals surface area contributed by atoms with Gasteiger partial charge in [0.15, 0.2) is 0 Å². The summed E-state index contributed by atoms with van der Waals surface area (Å²) in [4.78, 5) is 23.1. The number of rotatable bonds is 3. The molecule has 0 aliphatic carbocycles. The van der Waals surface area contributed by atoms with E-state index >= 15 is 0 Å². The summed E-state index contributed by atoms with van der Waals surface area (Å²) in [7, 11) is 0. The van der Waals surface area contributed by atoms with E-state index in [0.717, 1.165) is 0 Å². The van der Waals surface area contributed by atoms with Crippen molar-refractivity contribution in [3.05, 3.63) is 58.7 Å². The number of aromatic carboxylic acids is 1. The number of benzene rings is 2. The van der Waals surface area contributed by atoms with Gasteiger partial charge in [-0.1, -0.05) is 20.8 Å². The summed E-state index contributed by atoms with van der Waals surface area (Å²) in [5.41, 5.74) is 1.35. The Morgan fingerprint density at radius 1 is 1.00 bits per heavy atom. The Morgan fingerprint density at radius 3 is 2.04 bits per heavy atom. The molecule has 0 aromatic heterocycles. The largest absolute Gasteiger partial charge is 0.507 e. The molecule has 0 saturated heterocycles. The number of carboxylic acids is 1. The zero-order valence-corrected chi connectivity index (χ0v) is 14.1. The molecular weight excluding hydrogens is 308 g/mol. The third-order valence-corrected chi connectivity index (χ3v) is 3.66. The van der Waals surface area contributed by atoms with Crippen molar-refractivity contribution in [1.29, 1.82) is 0 Å². The van der Waals surface area contributed by atoms with Crippen molar-refractivity contribution in [3.63, 3.8) is 0 Å². The second-order valence-electron chi connectivity index (χ2n) is 6.66. The molecule has 2 rings (SSSR count). The van der Waals surface area contributed by atoms with Gasteiger partial charge in [0.25, 0.3) is 0 Å². The van der Waals surface area contributed by atoms with Gasteiger partial charge in [0.2, 0.25) is 0 Å². The smallest absolute Gasteiger partial charge is 0.343 e. The van der Waals surface area contributed by atoms with E-state index in [4.69, 9.17) is 9.84 Å². The van der Waals surface area contributed by atoms with Crippen LogP contribution < -0.4 is 4.74 Å². The monoisotopic (exact) mass is 328 g/mol. The minimum atomic E-state index is -1.06. The second kappa shape index (κ2) is 6.35. The number of esters is 1. The summed E-state index contributed by atoms with van der Waals surface area (Å²) < 4.78 is 5.37. The first-order valence-electron chi connectivity index (χ1n) is 7.49. The molecule has 0 spiro atoms. The predicted octanol–water partition coefficient (Wildman–Crippen LogP) is 3.92. The molecule has 5 heteroatoms. The molecule has 2 N–H and O–H groups in total. The highest BCUT2D eigenvalue weighted by atomic mass is 16.5. The molecule has 0 fully saturated rings. The molecule has 0 heterocycles. The van der Waals surface area contributed by atoms with Crippen LogP contribution in [-0.4, -0.2) is 22.2 Å². The van der Waals surface area contributed by atoms with Gasteiger partial charge in [0.1, 0.15) is 11.5 Å². The average Bonchev–Trinajstić information content (AvgIpc) is 2.49. The SMILES string of the molecule is Cc1cc(OC(=O)c2ccc(C(=O)O)cc2)cc(C(C)(C)C)c1O. The summed E-state index contributed by atoms with van der Waals surface area (Å²) >= 11 is 0. The van der Waals surface area contributed by atoms with Gasteiger partial charge in [-0.25, -0.2) is 9.59 Å². The van der Waals surface area contributed by atoms with Gasteiger partial charge >= 0.3 is 11.9 Å². The van der Waals surface area contributed by atoms with E-state index in [1.807, 2.05) is 20.8 Å². The van der Waals surface area contributed by atoms with Gasteiger partial charge in [0.05, 0.1) is 11.1 Å². The molecule has 5 nitrogen and oxygen atoms in total. The Balaban J connectivity index is 2.29. The quantitative estimate of drug-likeness (QED) is 0.659. The number of aromatic hydroxyl groups is 1. The van der Waals surface area contributed by atoms with Crippen LogP contribution in [0.2, 0.25) is 0 Å². The number of carbonyl (C=O) groups is 2. The maximum atomic E-state index is 12.2. The Bertz CT molecular complexity index is 783. The van der Waals surface area contributed by atoms with Crippen LogP contribution in [0.1, 0.15) is 52.6 Å². The Morgan fingerprint density at radius 2 is 1.54 bits per heavy atom. The summed E-state index contributed by atoms with van der Waals surface area (Å²) in [5.74, 6) is -1.12. The maximum Gasteiger partial charge on any atom is 0.343 e. The number of ether oxygens (including phenoxy) is 1. The van der Waals surface area contributed by atoms with Gasteiger partial charge < -0.3 is 14.9 Å². The fraction of sp³-hybridized carbons (Fsp3) is 0.263. The molecule has 0 unspecified atom stereocenters. The third-order valence-electron chi connectivity index (χ3n) is 3.66. The first kappa shape index (κ1) is 17.5. The van der Waals surface area contributed by atoms with Crippen molar-refractivity contribution in [3.8, 4) is 11.5 Å². The van der Waals surface area contributed by atoms with Crippen LogP contribution in [0, 0.1) is 6.92 Å². The lowest BCUT2D eigenvalue weighted by atomic mass is 9.85. The van der Waals surface area contributed by atoms with E-state index < -0.39 is 11.9 Å². The Kier molecular flexibility index (Phi) is 4.64. The summed E-state index contributed by atoms with van der Waals surface area (Å²) in [6.45, 7) is 7.61.